The van der Waals surface area contributed by atoms with Gasteiger partial charge in [-0.15, -0.1) is 0 Å². The van der Waals surface area contributed by atoms with Gasteiger partial charge in [0.15, 0.2) is 0 Å². The molecule has 1 N–H and O–H groups in total. The maximum absolute atomic E-state index is 10.9. The molecule has 1 heterocycles. The summed E-state index contributed by atoms with van der Waals surface area (Å²) in [5.74, 6) is 2.12. The predicted octanol–water partition coefficient (Wildman–Crippen LogP) is 5.10. The van der Waals surface area contributed by atoms with Crippen LogP contribution in [0.1, 0.15) is 63.5 Å². The molecule has 0 aliphatic heterocycles. The topological polar surface area (TPSA) is 42.6 Å². The first-order valence-corrected chi connectivity index (χ1v) is 9.03. The Hall–Kier alpha value is -1.48. The smallest absolute Gasteiger partial charge is 0.136 e. The van der Waals surface area contributed by atoms with E-state index in [-0.39, 0.29) is 17.4 Å². The molecule has 0 saturated heterocycles. The van der Waals surface area contributed by atoms with Gasteiger partial charge >= 0.3 is 0 Å². The summed E-state index contributed by atoms with van der Waals surface area (Å²) in [5.41, 5.74) is 3.44. The number of allylic oxidation sites excluding steroid dienone is 2. The van der Waals surface area contributed by atoms with Crippen molar-refractivity contribution in [1.82, 2.24) is 0 Å². The summed E-state index contributed by atoms with van der Waals surface area (Å²) in [6.45, 7) is 14.8. The van der Waals surface area contributed by atoms with E-state index < -0.39 is 6.10 Å². The van der Waals surface area contributed by atoms with Gasteiger partial charge < -0.3 is 14.3 Å². The maximum atomic E-state index is 10.9. The first kappa shape index (κ1) is 17.3. The molecule has 0 bridgehead atoms. The van der Waals surface area contributed by atoms with Gasteiger partial charge in [0.05, 0.1) is 6.26 Å². The number of aliphatic hydroxyl groups excluding tert-OH is 1. The van der Waals surface area contributed by atoms with Gasteiger partial charge in [0, 0.05) is 0 Å². The lowest BCUT2D eigenvalue weighted by Gasteiger charge is -2.53. The van der Waals surface area contributed by atoms with Crippen molar-refractivity contribution in [1.29, 1.82) is 0 Å². The van der Waals surface area contributed by atoms with Crippen LogP contribution in [0.2, 0.25) is 0 Å². The van der Waals surface area contributed by atoms with Crippen LogP contribution in [0.3, 0.4) is 0 Å². The predicted molar refractivity (Wildman–Crippen MR) is 95.5 cm³/mol. The van der Waals surface area contributed by atoms with E-state index in [0.717, 1.165) is 41.9 Å². The van der Waals surface area contributed by atoms with Crippen molar-refractivity contribution in [3.8, 4) is 0 Å². The van der Waals surface area contributed by atoms with Crippen molar-refractivity contribution in [2.75, 3.05) is 0 Å². The van der Waals surface area contributed by atoms with E-state index in [0.29, 0.717) is 5.92 Å². The van der Waals surface area contributed by atoms with Crippen LogP contribution < -0.4 is 0 Å². The lowest BCUT2D eigenvalue weighted by molar-refractivity contribution is -0.112. The average molecular weight is 330 g/mol. The second-order valence-corrected chi connectivity index (χ2v) is 7.91. The fourth-order valence-electron chi connectivity index (χ4n) is 4.62. The standard InChI is InChI=1S/C21H30O3/c1-7-12(2)15(5)24-18-9-8-17-19(22)20-16(13(3)11-23-20)10-21(17,6)14(18)4/h7,11,14,17-19,22H,5,8-10H2,1-4,6H3. The summed E-state index contributed by atoms with van der Waals surface area (Å²) in [6, 6.07) is 0. The molecule has 0 spiro atoms. The highest BCUT2D eigenvalue weighted by Gasteiger charge is 2.54. The highest BCUT2D eigenvalue weighted by molar-refractivity contribution is 5.34. The summed E-state index contributed by atoms with van der Waals surface area (Å²) in [5, 5.41) is 10.9. The van der Waals surface area contributed by atoms with Gasteiger partial charge in [-0.25, -0.2) is 0 Å². The normalized spacial score (nSPS) is 36.0. The zero-order valence-electron chi connectivity index (χ0n) is 15.6. The first-order chi connectivity index (χ1) is 11.3. The summed E-state index contributed by atoms with van der Waals surface area (Å²) in [4.78, 5) is 0. The average Bonchev–Trinajstić information content (AvgIpc) is 2.91. The Morgan fingerprint density at radius 2 is 2.17 bits per heavy atom. The van der Waals surface area contributed by atoms with E-state index in [4.69, 9.17) is 9.15 Å². The molecule has 24 heavy (non-hydrogen) atoms. The van der Waals surface area contributed by atoms with Crippen molar-refractivity contribution in [2.24, 2.45) is 17.3 Å². The number of aryl methyl sites for hydroxylation is 1. The fraction of sp³-hybridized carbons (Fsp3) is 0.619. The Kier molecular flexibility index (Phi) is 4.41. The van der Waals surface area contributed by atoms with E-state index in [1.807, 2.05) is 19.9 Å². The minimum absolute atomic E-state index is 0.00802. The van der Waals surface area contributed by atoms with E-state index in [2.05, 4.69) is 27.4 Å². The van der Waals surface area contributed by atoms with Gasteiger partial charge in [0.25, 0.3) is 0 Å². The summed E-state index contributed by atoms with van der Waals surface area (Å²) >= 11 is 0. The molecule has 1 saturated carbocycles. The molecular weight excluding hydrogens is 300 g/mol. The third-order valence-corrected chi connectivity index (χ3v) is 6.72. The molecule has 2 aliphatic rings. The van der Waals surface area contributed by atoms with Gasteiger partial charge in [-0.3, -0.25) is 0 Å². The van der Waals surface area contributed by atoms with E-state index in [1.54, 1.807) is 6.26 Å². The monoisotopic (exact) mass is 330 g/mol. The van der Waals surface area contributed by atoms with Crippen molar-refractivity contribution in [3.05, 3.63) is 47.1 Å². The number of hydrogen-bond donors (Lipinski definition) is 1. The third-order valence-electron chi connectivity index (χ3n) is 6.72. The highest BCUT2D eigenvalue weighted by atomic mass is 16.5. The van der Waals surface area contributed by atoms with Crippen LogP contribution in [0.5, 0.6) is 0 Å². The lowest BCUT2D eigenvalue weighted by atomic mass is 9.54. The molecule has 0 amide bonds. The molecular formula is C21H30O3. The highest BCUT2D eigenvalue weighted by Crippen LogP contribution is 2.57. The molecule has 3 nitrogen and oxygen atoms in total. The van der Waals surface area contributed by atoms with Gasteiger partial charge in [-0.1, -0.05) is 26.5 Å². The zero-order valence-corrected chi connectivity index (χ0v) is 15.6. The molecule has 132 valence electrons. The third kappa shape index (κ3) is 2.54. The van der Waals surface area contributed by atoms with E-state index in [9.17, 15) is 5.11 Å². The summed E-state index contributed by atoms with van der Waals surface area (Å²) in [6.07, 6.45) is 6.31. The van der Waals surface area contributed by atoms with E-state index >= 15 is 0 Å². The Bertz CT molecular complexity index is 669. The van der Waals surface area contributed by atoms with Gasteiger partial charge in [0.1, 0.15) is 23.7 Å². The van der Waals surface area contributed by atoms with Crippen LogP contribution in [0.15, 0.2) is 34.7 Å². The number of aliphatic hydroxyl groups is 1. The molecule has 1 fully saturated rings. The second kappa shape index (κ2) is 6.11. The quantitative estimate of drug-likeness (QED) is 0.619. The van der Waals surface area contributed by atoms with Crippen LogP contribution in [0.25, 0.3) is 0 Å². The SMILES string of the molecule is C=C(OC1CCC2C(O)c3occ(C)c3CC2(C)C1C)C(C)=CC. The molecule has 5 atom stereocenters. The van der Waals surface area contributed by atoms with Crippen molar-refractivity contribution < 1.29 is 14.3 Å². The van der Waals surface area contributed by atoms with Crippen LogP contribution >= 0.6 is 0 Å². The number of ether oxygens (including phenoxy) is 1. The van der Waals surface area contributed by atoms with Crippen molar-refractivity contribution >= 4 is 0 Å². The maximum Gasteiger partial charge on any atom is 0.136 e. The Morgan fingerprint density at radius 3 is 2.83 bits per heavy atom. The Labute approximate surface area is 145 Å². The van der Waals surface area contributed by atoms with Crippen LogP contribution in [0, 0.1) is 24.2 Å². The van der Waals surface area contributed by atoms with Crippen molar-refractivity contribution in [3.63, 3.8) is 0 Å². The summed E-state index contributed by atoms with van der Waals surface area (Å²) < 4.78 is 11.9. The molecule has 2 aliphatic carbocycles. The molecule has 1 aromatic rings. The lowest BCUT2D eigenvalue weighted by Crippen LogP contribution is -2.51. The Balaban J connectivity index is 1.87. The van der Waals surface area contributed by atoms with Gasteiger partial charge in [-0.2, -0.15) is 0 Å². The first-order valence-electron chi connectivity index (χ1n) is 9.03. The fourth-order valence-corrected chi connectivity index (χ4v) is 4.62. The molecule has 1 aromatic heterocycles. The van der Waals surface area contributed by atoms with Crippen molar-refractivity contribution in [2.45, 2.75) is 66.1 Å². The van der Waals surface area contributed by atoms with Gasteiger partial charge in [0.2, 0.25) is 0 Å². The number of furan rings is 1. The second-order valence-electron chi connectivity index (χ2n) is 7.91. The molecule has 0 aromatic carbocycles. The Morgan fingerprint density at radius 1 is 1.46 bits per heavy atom. The van der Waals surface area contributed by atoms with Crippen LogP contribution in [0.4, 0.5) is 0 Å². The number of rotatable bonds is 3. The molecule has 3 heteroatoms. The molecule has 0 radical (unpaired) electrons. The summed E-state index contributed by atoms with van der Waals surface area (Å²) in [7, 11) is 0. The largest absolute Gasteiger partial charge is 0.490 e. The van der Waals surface area contributed by atoms with E-state index in [1.165, 1.54) is 5.56 Å². The molecule has 3 rings (SSSR count). The minimum Gasteiger partial charge on any atom is -0.490 e. The van der Waals surface area contributed by atoms with Crippen LogP contribution in [-0.2, 0) is 11.2 Å². The molecule has 5 unspecified atom stereocenters. The zero-order chi connectivity index (χ0) is 17.6. The van der Waals surface area contributed by atoms with Gasteiger partial charge in [-0.05, 0) is 74.0 Å². The number of hydrogen-bond acceptors (Lipinski definition) is 3. The van der Waals surface area contributed by atoms with Crippen LogP contribution in [-0.4, -0.2) is 11.2 Å². The number of fused-ring (bicyclic) bond motifs is 2. The minimum atomic E-state index is -0.503.